The Hall–Kier alpha value is -0.180. The second kappa shape index (κ2) is 4.17. The van der Waals surface area contributed by atoms with Crippen molar-refractivity contribution in [3.8, 4) is 0 Å². The molecule has 1 aromatic heterocycles. The molecule has 1 aromatic rings. The molecule has 12 heavy (non-hydrogen) atoms. The number of nitrogens with zero attached hydrogens (tertiary/aromatic N) is 1. The van der Waals surface area contributed by atoms with Gasteiger partial charge in [0.15, 0.2) is 0 Å². The first-order valence-electron chi connectivity index (χ1n) is 2.87. The number of hydrogen-bond acceptors (Lipinski definition) is 3. The number of pyridine rings is 1. The lowest BCUT2D eigenvalue weighted by Crippen LogP contribution is -1.98. The topological polar surface area (TPSA) is 39.2 Å². The van der Waals surface area contributed by atoms with Crippen LogP contribution in [0.2, 0.25) is 5.15 Å². The first-order valence-corrected chi connectivity index (χ1v) is 4.51. The predicted octanol–water partition coefficient (Wildman–Crippen LogP) is 2.44. The molecule has 0 aromatic carbocycles. The summed E-state index contributed by atoms with van der Waals surface area (Å²) in [5.74, 6) is -0.468. The van der Waals surface area contributed by atoms with Crippen LogP contribution in [0.25, 0.3) is 0 Å². The maximum atomic E-state index is 10.9. The van der Waals surface area contributed by atoms with Crippen molar-refractivity contribution in [1.29, 1.82) is 0 Å². The van der Waals surface area contributed by atoms with Crippen molar-refractivity contribution < 1.29 is 9.32 Å². The largest absolute Gasteiger partial charge is 0.448 e. The number of carbonyl (C=O) groups is 1. The van der Waals surface area contributed by atoms with E-state index in [1.54, 1.807) is 6.07 Å². The minimum atomic E-state index is -0.468. The molecule has 0 saturated heterocycles. The zero-order valence-electron chi connectivity index (χ0n) is 5.75. The van der Waals surface area contributed by atoms with Gasteiger partial charge < -0.3 is 4.52 Å². The molecule has 0 N–H and O–H groups in total. The zero-order chi connectivity index (χ0) is 9.14. The van der Waals surface area contributed by atoms with Crippen molar-refractivity contribution in [3.05, 3.63) is 27.5 Å². The monoisotopic (exact) mass is 267 g/mol. The summed E-state index contributed by atoms with van der Waals surface area (Å²) >= 11 is 8.75. The van der Waals surface area contributed by atoms with E-state index in [1.807, 2.05) is 9.47 Å². The van der Waals surface area contributed by atoms with Crippen molar-refractivity contribution in [2.75, 3.05) is 0 Å². The summed E-state index contributed by atoms with van der Waals surface area (Å²) in [5, 5.41) is 0.315. The molecule has 0 fully saturated rings. The van der Waals surface area contributed by atoms with E-state index in [0.29, 0.717) is 15.2 Å². The normalized spacial score (nSPS) is 9.58. The molecular formula is C6H4BrClNO2P. The van der Waals surface area contributed by atoms with Gasteiger partial charge in [-0.1, -0.05) is 11.6 Å². The van der Waals surface area contributed by atoms with E-state index in [4.69, 9.17) is 11.6 Å². The van der Waals surface area contributed by atoms with Gasteiger partial charge in [-0.25, -0.2) is 9.78 Å². The summed E-state index contributed by atoms with van der Waals surface area (Å²) in [5.41, 5.74) is 0.348. The Labute approximate surface area is 84.9 Å². The molecule has 0 aliphatic carbocycles. The third kappa shape index (κ3) is 2.16. The molecule has 0 aliphatic rings. The summed E-state index contributed by atoms with van der Waals surface area (Å²) in [6, 6.07) is 1.54. The summed E-state index contributed by atoms with van der Waals surface area (Å²) in [6.45, 7) is 0. The van der Waals surface area contributed by atoms with E-state index >= 15 is 0 Å². The van der Waals surface area contributed by atoms with Gasteiger partial charge in [-0.15, -0.1) is 0 Å². The lowest BCUT2D eigenvalue weighted by Gasteiger charge is -1.99. The van der Waals surface area contributed by atoms with E-state index in [0.717, 1.165) is 0 Å². The zero-order valence-corrected chi connectivity index (χ0v) is 9.25. The average molecular weight is 268 g/mol. The van der Waals surface area contributed by atoms with Gasteiger partial charge in [-0.05, 0) is 22.0 Å². The van der Waals surface area contributed by atoms with Crippen LogP contribution >= 0.6 is 37.0 Å². The summed E-state index contributed by atoms with van der Waals surface area (Å²) < 4.78 is 4.97. The number of aromatic nitrogens is 1. The van der Waals surface area contributed by atoms with Crippen LogP contribution in [0.3, 0.4) is 0 Å². The quantitative estimate of drug-likeness (QED) is 0.580. The van der Waals surface area contributed by atoms with Gasteiger partial charge in [-0.3, -0.25) is 0 Å². The molecule has 3 nitrogen and oxygen atoms in total. The minimum absolute atomic E-state index is 0.315. The van der Waals surface area contributed by atoms with Gasteiger partial charge in [0.1, 0.15) is 5.15 Å². The fraction of sp³-hybridized carbons (Fsp3) is 0. The van der Waals surface area contributed by atoms with E-state index in [9.17, 15) is 4.79 Å². The second-order valence-electron chi connectivity index (χ2n) is 1.90. The Morgan fingerprint density at radius 1 is 1.75 bits per heavy atom. The predicted molar refractivity (Wildman–Crippen MR) is 52.1 cm³/mol. The van der Waals surface area contributed by atoms with Crippen molar-refractivity contribution in [3.63, 3.8) is 0 Å². The lowest BCUT2D eigenvalue weighted by atomic mass is 10.3. The van der Waals surface area contributed by atoms with Crippen LogP contribution in [0.5, 0.6) is 0 Å². The molecular weight excluding hydrogens is 264 g/mol. The maximum absolute atomic E-state index is 10.9. The van der Waals surface area contributed by atoms with Gasteiger partial charge in [0, 0.05) is 6.20 Å². The van der Waals surface area contributed by atoms with Gasteiger partial charge in [0.2, 0.25) is 0 Å². The second-order valence-corrected chi connectivity index (χ2v) is 3.35. The van der Waals surface area contributed by atoms with E-state index in [1.165, 1.54) is 6.20 Å². The molecule has 64 valence electrons. The van der Waals surface area contributed by atoms with Crippen LogP contribution in [-0.2, 0) is 4.52 Å². The molecule has 0 saturated carbocycles. The third-order valence-electron chi connectivity index (χ3n) is 1.14. The Morgan fingerprint density at radius 2 is 2.42 bits per heavy atom. The molecule has 0 radical (unpaired) electrons. The summed E-state index contributed by atoms with van der Waals surface area (Å²) in [6.07, 6.45) is 1.35. The van der Waals surface area contributed by atoms with Crippen molar-refractivity contribution in [2.45, 2.75) is 0 Å². The van der Waals surface area contributed by atoms with Crippen molar-refractivity contribution in [2.24, 2.45) is 0 Å². The third-order valence-corrected chi connectivity index (χ3v) is 2.49. The van der Waals surface area contributed by atoms with Crippen LogP contribution < -0.4 is 0 Å². The summed E-state index contributed by atoms with van der Waals surface area (Å²) in [4.78, 5) is 14.7. The molecule has 1 rings (SSSR count). The van der Waals surface area contributed by atoms with Gasteiger partial charge in [0.25, 0.3) is 0 Å². The average Bonchev–Trinajstić information content (AvgIpc) is 2.08. The number of rotatable bonds is 1. The Morgan fingerprint density at radius 3 is 2.92 bits per heavy atom. The molecule has 0 spiro atoms. The molecule has 1 heterocycles. The Balaban J connectivity index is 3.05. The van der Waals surface area contributed by atoms with Crippen LogP contribution in [-0.4, -0.2) is 11.0 Å². The van der Waals surface area contributed by atoms with E-state index in [2.05, 4.69) is 25.4 Å². The van der Waals surface area contributed by atoms with Crippen LogP contribution in [0.15, 0.2) is 16.7 Å². The molecule has 0 aliphatic heterocycles. The number of halogens is 2. The van der Waals surface area contributed by atoms with Gasteiger partial charge >= 0.3 is 5.97 Å². The molecule has 1 atom stereocenters. The van der Waals surface area contributed by atoms with E-state index in [-0.39, 0.29) is 0 Å². The first kappa shape index (κ1) is 9.90. The highest BCUT2D eigenvalue weighted by Crippen LogP contribution is 2.20. The fourth-order valence-electron chi connectivity index (χ4n) is 0.601. The first-order chi connectivity index (χ1) is 5.65. The van der Waals surface area contributed by atoms with Crippen LogP contribution in [0.4, 0.5) is 0 Å². The van der Waals surface area contributed by atoms with Crippen molar-refractivity contribution in [1.82, 2.24) is 4.98 Å². The highest BCUT2D eigenvalue weighted by atomic mass is 79.9. The highest BCUT2D eigenvalue weighted by Gasteiger charge is 2.07. The smallest absolute Gasteiger partial charge is 0.341 e. The Kier molecular flexibility index (Phi) is 3.44. The van der Waals surface area contributed by atoms with Crippen molar-refractivity contribution >= 4 is 43.0 Å². The van der Waals surface area contributed by atoms with E-state index < -0.39 is 5.97 Å². The molecule has 1 unspecified atom stereocenters. The van der Waals surface area contributed by atoms with Crippen LogP contribution in [0.1, 0.15) is 10.4 Å². The SMILES string of the molecule is O=C(OP)c1cnc(Cl)c(Br)c1. The number of hydrogen-bond donors (Lipinski definition) is 0. The van der Waals surface area contributed by atoms with Gasteiger partial charge in [-0.2, -0.15) is 0 Å². The maximum Gasteiger partial charge on any atom is 0.341 e. The Bertz CT molecular complexity index is 320. The van der Waals surface area contributed by atoms with Crippen LogP contribution in [0, 0.1) is 0 Å². The molecule has 0 amide bonds. The molecule has 0 bridgehead atoms. The highest BCUT2D eigenvalue weighted by molar-refractivity contribution is 9.10. The number of carbonyl (C=O) groups excluding carboxylic acids is 1. The van der Waals surface area contributed by atoms with Gasteiger partial charge in [0.05, 0.1) is 19.5 Å². The minimum Gasteiger partial charge on any atom is -0.448 e. The summed E-state index contributed by atoms with van der Waals surface area (Å²) in [7, 11) is 1.87. The fourth-order valence-corrected chi connectivity index (χ4v) is 1.19. The lowest BCUT2D eigenvalue weighted by molar-refractivity contribution is 0.0765. The standard InChI is InChI=1S/C6H4BrClNO2P/c7-4-1-3(6(10)11-12)2-9-5(4)8/h1-2H,12H2. The molecule has 6 heteroatoms.